The number of aryl methyl sites for hydroxylation is 1. The first-order chi connectivity index (χ1) is 12.3. The Morgan fingerprint density at radius 1 is 1.23 bits per heavy atom. The maximum absolute atomic E-state index is 12.8. The zero-order valence-electron chi connectivity index (χ0n) is 15.8. The number of carbonyl (C=O) groups excluding carboxylic acids is 2. The highest BCUT2D eigenvalue weighted by molar-refractivity contribution is 5.94. The summed E-state index contributed by atoms with van der Waals surface area (Å²) in [6.07, 6.45) is 1.85. The number of aliphatic hydroxyl groups excluding tert-OH is 1. The number of aliphatic hydroxyl groups is 1. The molecule has 1 aromatic rings. The fourth-order valence-corrected chi connectivity index (χ4v) is 4.27. The topological polar surface area (TPSA) is 70.1 Å². The number of rotatable bonds is 2. The number of piperidine rings is 2. The number of methoxy groups -OCH3 is 1. The van der Waals surface area contributed by atoms with E-state index in [0.29, 0.717) is 38.2 Å². The maximum atomic E-state index is 12.8. The predicted octanol–water partition coefficient (Wildman–Crippen LogP) is 1.84. The van der Waals surface area contributed by atoms with Crippen molar-refractivity contribution in [2.24, 2.45) is 5.41 Å². The molecule has 0 aliphatic carbocycles. The summed E-state index contributed by atoms with van der Waals surface area (Å²) in [5.41, 5.74) is 1.56. The SMILES string of the molecule is COc1cc(C(=O)N2CCC3(CC2)CC(O)CN(C(C)=O)C3)ccc1C. The van der Waals surface area contributed by atoms with Crippen LogP contribution in [0.1, 0.15) is 42.1 Å². The number of nitrogens with zero attached hydrogens (tertiary/aromatic N) is 2. The lowest BCUT2D eigenvalue weighted by Gasteiger charge is -2.49. The summed E-state index contributed by atoms with van der Waals surface area (Å²) >= 11 is 0. The molecule has 3 rings (SSSR count). The Hall–Kier alpha value is -2.08. The largest absolute Gasteiger partial charge is 0.496 e. The number of carbonyl (C=O) groups is 2. The molecule has 1 spiro atoms. The number of benzene rings is 1. The first kappa shape index (κ1) is 18.7. The molecule has 6 heteroatoms. The van der Waals surface area contributed by atoms with Crippen LogP contribution in [0.15, 0.2) is 18.2 Å². The van der Waals surface area contributed by atoms with Crippen molar-refractivity contribution in [2.75, 3.05) is 33.3 Å². The van der Waals surface area contributed by atoms with Crippen LogP contribution < -0.4 is 4.74 Å². The smallest absolute Gasteiger partial charge is 0.253 e. The summed E-state index contributed by atoms with van der Waals surface area (Å²) in [5, 5.41) is 10.2. The molecule has 2 aliphatic rings. The maximum Gasteiger partial charge on any atom is 0.253 e. The first-order valence-corrected chi connectivity index (χ1v) is 9.21. The van der Waals surface area contributed by atoms with E-state index in [9.17, 15) is 14.7 Å². The van der Waals surface area contributed by atoms with Crippen molar-refractivity contribution in [1.82, 2.24) is 9.80 Å². The molecular formula is C20H28N2O4. The number of β-amino-alcohol motifs (C(OH)–C–C–N with tert-alkyl or cyclic N) is 1. The Balaban J connectivity index is 1.68. The van der Waals surface area contributed by atoms with Crippen molar-refractivity contribution in [3.8, 4) is 5.75 Å². The lowest BCUT2D eigenvalue weighted by atomic mass is 9.71. The monoisotopic (exact) mass is 360 g/mol. The van der Waals surface area contributed by atoms with E-state index in [-0.39, 0.29) is 17.2 Å². The van der Waals surface area contributed by atoms with E-state index in [1.807, 2.05) is 24.0 Å². The molecule has 2 saturated heterocycles. The summed E-state index contributed by atoms with van der Waals surface area (Å²) in [7, 11) is 1.61. The van der Waals surface area contributed by atoms with Crippen molar-refractivity contribution in [2.45, 2.75) is 39.2 Å². The van der Waals surface area contributed by atoms with Crippen LogP contribution in [0.2, 0.25) is 0 Å². The minimum atomic E-state index is -0.476. The molecule has 0 aromatic heterocycles. The van der Waals surface area contributed by atoms with Crippen molar-refractivity contribution in [3.63, 3.8) is 0 Å². The van der Waals surface area contributed by atoms with E-state index in [0.717, 1.165) is 24.2 Å². The number of amides is 2. The lowest BCUT2D eigenvalue weighted by molar-refractivity contribution is -0.137. The quantitative estimate of drug-likeness (QED) is 0.874. The second-order valence-electron chi connectivity index (χ2n) is 7.73. The molecular weight excluding hydrogens is 332 g/mol. The molecule has 2 fully saturated rings. The Bertz CT molecular complexity index is 695. The minimum absolute atomic E-state index is 0.00776. The van der Waals surface area contributed by atoms with Gasteiger partial charge in [-0.1, -0.05) is 6.07 Å². The van der Waals surface area contributed by atoms with Gasteiger partial charge in [-0.15, -0.1) is 0 Å². The molecule has 2 heterocycles. The van der Waals surface area contributed by atoms with Gasteiger partial charge in [-0.25, -0.2) is 0 Å². The predicted molar refractivity (Wildman–Crippen MR) is 98.2 cm³/mol. The Kier molecular flexibility index (Phi) is 5.23. The van der Waals surface area contributed by atoms with Gasteiger partial charge in [0.2, 0.25) is 5.91 Å². The normalized spacial score (nSPS) is 22.4. The van der Waals surface area contributed by atoms with Gasteiger partial charge >= 0.3 is 0 Å². The van der Waals surface area contributed by atoms with E-state index < -0.39 is 6.10 Å². The first-order valence-electron chi connectivity index (χ1n) is 9.21. The standard InChI is InChI=1S/C20H28N2O4/c1-14-4-5-16(10-18(14)26-3)19(25)21-8-6-20(7-9-21)11-17(24)12-22(13-20)15(2)23/h4-5,10,17,24H,6-9,11-13H2,1-3H3. The molecule has 1 N–H and O–H groups in total. The van der Waals surface area contributed by atoms with E-state index in [1.54, 1.807) is 25.0 Å². The van der Waals surface area contributed by atoms with Gasteiger partial charge in [0.25, 0.3) is 5.91 Å². The van der Waals surface area contributed by atoms with E-state index >= 15 is 0 Å². The van der Waals surface area contributed by atoms with Crippen LogP contribution in [0, 0.1) is 12.3 Å². The van der Waals surface area contributed by atoms with Gasteiger partial charge in [0.15, 0.2) is 0 Å². The highest BCUT2D eigenvalue weighted by atomic mass is 16.5. The third-order valence-corrected chi connectivity index (χ3v) is 5.84. The molecule has 2 amide bonds. The summed E-state index contributed by atoms with van der Waals surface area (Å²) in [5.74, 6) is 0.739. The van der Waals surface area contributed by atoms with Crippen molar-refractivity contribution in [1.29, 1.82) is 0 Å². The van der Waals surface area contributed by atoms with Gasteiger partial charge in [0, 0.05) is 38.7 Å². The Labute approximate surface area is 154 Å². The van der Waals surface area contributed by atoms with Crippen LogP contribution in [-0.2, 0) is 4.79 Å². The van der Waals surface area contributed by atoms with Gasteiger partial charge in [-0.2, -0.15) is 0 Å². The summed E-state index contributed by atoms with van der Waals surface area (Å²) < 4.78 is 5.32. The van der Waals surface area contributed by atoms with Crippen LogP contribution in [0.5, 0.6) is 5.75 Å². The molecule has 1 aromatic carbocycles. The molecule has 0 saturated carbocycles. The highest BCUT2D eigenvalue weighted by Crippen LogP contribution is 2.40. The molecule has 0 radical (unpaired) electrons. The average Bonchev–Trinajstić information content (AvgIpc) is 2.61. The number of hydrogen-bond donors (Lipinski definition) is 1. The molecule has 1 unspecified atom stereocenters. The third-order valence-electron chi connectivity index (χ3n) is 5.84. The number of ether oxygens (including phenoxy) is 1. The zero-order valence-corrected chi connectivity index (χ0v) is 15.8. The molecule has 142 valence electrons. The molecule has 6 nitrogen and oxygen atoms in total. The third kappa shape index (κ3) is 3.70. The van der Waals surface area contributed by atoms with Gasteiger partial charge < -0.3 is 19.6 Å². The van der Waals surface area contributed by atoms with Gasteiger partial charge in [-0.3, -0.25) is 9.59 Å². The molecule has 2 aliphatic heterocycles. The fourth-order valence-electron chi connectivity index (χ4n) is 4.27. The van der Waals surface area contributed by atoms with Gasteiger partial charge in [-0.05, 0) is 49.3 Å². The van der Waals surface area contributed by atoms with Crippen LogP contribution in [0.4, 0.5) is 0 Å². The molecule has 26 heavy (non-hydrogen) atoms. The highest BCUT2D eigenvalue weighted by Gasteiger charge is 2.43. The van der Waals surface area contributed by atoms with E-state index in [4.69, 9.17) is 4.74 Å². The summed E-state index contributed by atoms with van der Waals surface area (Å²) in [4.78, 5) is 28.2. The summed E-state index contributed by atoms with van der Waals surface area (Å²) in [6, 6.07) is 5.54. The lowest BCUT2D eigenvalue weighted by Crippen LogP contribution is -2.55. The Morgan fingerprint density at radius 2 is 1.92 bits per heavy atom. The van der Waals surface area contributed by atoms with Crippen LogP contribution in [0.25, 0.3) is 0 Å². The zero-order chi connectivity index (χ0) is 18.9. The number of hydrogen-bond acceptors (Lipinski definition) is 4. The van der Waals surface area contributed by atoms with Gasteiger partial charge in [0.1, 0.15) is 5.75 Å². The van der Waals surface area contributed by atoms with E-state index in [2.05, 4.69) is 0 Å². The molecule has 0 bridgehead atoms. The van der Waals surface area contributed by atoms with Crippen molar-refractivity contribution < 1.29 is 19.4 Å². The van der Waals surface area contributed by atoms with Crippen molar-refractivity contribution in [3.05, 3.63) is 29.3 Å². The second kappa shape index (κ2) is 7.27. The van der Waals surface area contributed by atoms with Crippen LogP contribution in [-0.4, -0.2) is 66.1 Å². The fraction of sp³-hybridized carbons (Fsp3) is 0.600. The number of likely N-dealkylation sites (tertiary alicyclic amines) is 2. The van der Waals surface area contributed by atoms with Crippen molar-refractivity contribution >= 4 is 11.8 Å². The van der Waals surface area contributed by atoms with Gasteiger partial charge in [0.05, 0.1) is 13.2 Å². The summed E-state index contributed by atoms with van der Waals surface area (Å²) in [6.45, 7) is 5.89. The molecule has 1 atom stereocenters. The second-order valence-corrected chi connectivity index (χ2v) is 7.73. The minimum Gasteiger partial charge on any atom is -0.496 e. The Morgan fingerprint density at radius 3 is 2.54 bits per heavy atom. The average molecular weight is 360 g/mol. The van der Waals surface area contributed by atoms with E-state index in [1.165, 1.54) is 0 Å². The van der Waals surface area contributed by atoms with Crippen LogP contribution >= 0.6 is 0 Å². The van der Waals surface area contributed by atoms with Crippen LogP contribution in [0.3, 0.4) is 0 Å².